The summed E-state index contributed by atoms with van der Waals surface area (Å²) in [6, 6.07) is 22.0. The highest BCUT2D eigenvalue weighted by Gasteiger charge is 2.41. The number of aliphatic hydroxyl groups is 1. The molecule has 6 heterocycles. The largest absolute Gasteiger partial charge is 0.508 e. The van der Waals surface area contributed by atoms with Gasteiger partial charge in [-0.2, -0.15) is 0 Å². The van der Waals surface area contributed by atoms with Crippen LogP contribution >= 0.6 is 0 Å². The van der Waals surface area contributed by atoms with Crippen LogP contribution in [-0.2, 0) is 63.9 Å². The number of carboxylic acids is 1. The lowest BCUT2D eigenvalue weighted by molar-refractivity contribution is -0.142. The molecule has 115 heavy (non-hydrogen) atoms. The standard InChI is InChI=1S/C86H132N16O13/c1-55(2)39-66-48-88-63-13-8-9-33-87-34-31-76(82(108)98-78(86(112)113)42-61-23-29-73(107)30-24-61)96-47-64-14-12-37-114-54-69(93-51-70-15-10-35-101(70)53-68(92-45-63)40-59-19-25-71(105)26-20-59)50-90-65(46-91-67(49-89-64)43-62-44-95-75-17-7-6-16-74(62)75)32-38-115-57(4)79(52-94-66)99-84(110)81(56(3)103)100-83(109)80-18-11-36-102(80)85(111)77(97-58(5)104)41-60-21-27-72(106)28-22-60/h6-7,16-17,19-30,44,55-57,63-70,76-81,87-96,103,105-107H,8-15,18,31-43,45-54H2,1-5H3,(H,97,104)(H,98,108)(H,99,110)(H,100,109)(H,112,113)/t56-,57-,63+,64+,65+,66+,67+,68+,69+,70+,76+,77+,78+,79+,80+,81+/m1/s1. The van der Waals surface area contributed by atoms with Crippen LogP contribution in [0.15, 0.2) is 103 Å². The average molecular weight is 1600 g/mol. The van der Waals surface area contributed by atoms with Crippen molar-refractivity contribution in [3.63, 3.8) is 0 Å². The number of H-pyrrole nitrogens is 1. The number of carboxylic acid groups (broad SMARTS) is 1. The van der Waals surface area contributed by atoms with Gasteiger partial charge in [0.25, 0.3) is 0 Å². The van der Waals surface area contributed by atoms with E-state index in [-0.39, 0.29) is 104 Å². The summed E-state index contributed by atoms with van der Waals surface area (Å²) in [6.07, 6.45) is 10.1. The van der Waals surface area contributed by atoms with Crippen LogP contribution in [0.3, 0.4) is 0 Å². The number of rotatable bonds is 20. The third kappa shape index (κ3) is 29.3. The molecule has 5 aromatic rings. The molecule has 5 amide bonds. The Balaban J connectivity index is 0.967. The number of aromatic amines is 1. The van der Waals surface area contributed by atoms with E-state index in [1.165, 1.54) is 43.0 Å². The second kappa shape index (κ2) is 46.3. The number of benzene rings is 4. The summed E-state index contributed by atoms with van der Waals surface area (Å²) in [5.41, 5.74) is 4.65. The number of likely N-dealkylation sites (tertiary alicyclic amines) is 1. The fourth-order valence-electron chi connectivity index (χ4n) is 16.7. The molecule has 0 aliphatic carbocycles. The fraction of sp³-hybridized carbons (Fsp3) is 0.628. The number of para-hydroxylation sites is 1. The van der Waals surface area contributed by atoms with Crippen LogP contribution < -0.4 is 69.1 Å². The van der Waals surface area contributed by atoms with Crippen LogP contribution in [0, 0.1) is 5.92 Å². The van der Waals surface area contributed by atoms with Crippen molar-refractivity contribution in [1.29, 1.82) is 0 Å². The number of phenolic OH excluding ortho intramolecular Hbond substituents is 3. The molecule has 29 heteroatoms. The molecule has 5 fully saturated rings. The van der Waals surface area contributed by atoms with Crippen molar-refractivity contribution in [1.82, 2.24) is 83.9 Å². The summed E-state index contributed by atoms with van der Waals surface area (Å²) < 4.78 is 13.7. The van der Waals surface area contributed by atoms with Gasteiger partial charge in [0.05, 0.1) is 30.9 Å². The minimum absolute atomic E-state index is 0.00118. The Morgan fingerprint density at radius 3 is 1.88 bits per heavy atom. The Morgan fingerprint density at radius 2 is 1.18 bits per heavy atom. The minimum atomic E-state index is -1.44. The monoisotopic (exact) mass is 1600 g/mol. The smallest absolute Gasteiger partial charge is 0.326 e. The van der Waals surface area contributed by atoms with Gasteiger partial charge in [0.1, 0.15) is 41.4 Å². The molecule has 0 unspecified atom stereocenters. The number of nitrogens with zero attached hydrogens (tertiary/aromatic N) is 2. The Hall–Kier alpha value is -7.88. The van der Waals surface area contributed by atoms with E-state index >= 15 is 4.79 Å². The highest BCUT2D eigenvalue weighted by atomic mass is 16.5. The van der Waals surface area contributed by atoms with Gasteiger partial charge in [-0.25, -0.2) is 4.79 Å². The molecule has 4 aromatic carbocycles. The highest BCUT2D eigenvalue weighted by Crippen LogP contribution is 2.25. The fourth-order valence-corrected chi connectivity index (χ4v) is 16.7. The van der Waals surface area contributed by atoms with E-state index in [1.807, 2.05) is 25.1 Å². The number of aliphatic hydroxyl groups excluding tert-OH is 1. The maximum atomic E-state index is 15.1. The second-order valence-corrected chi connectivity index (χ2v) is 33.1. The Morgan fingerprint density at radius 1 is 0.565 bits per heavy atom. The van der Waals surface area contributed by atoms with Crippen molar-refractivity contribution in [2.45, 2.75) is 234 Å². The average Bonchev–Trinajstić information content (AvgIpc) is 1.72. The molecule has 4 bridgehead atoms. The number of amides is 5. The summed E-state index contributed by atoms with van der Waals surface area (Å²) in [5.74, 6) is -3.13. The Labute approximate surface area is 678 Å². The molecule has 29 nitrogen and oxygen atoms in total. The number of hydrogen-bond acceptors (Lipinski definition) is 22. The minimum Gasteiger partial charge on any atom is -0.508 e. The van der Waals surface area contributed by atoms with Gasteiger partial charge >= 0.3 is 5.97 Å². The third-order valence-electron chi connectivity index (χ3n) is 23.3. The molecule has 0 spiro atoms. The summed E-state index contributed by atoms with van der Waals surface area (Å²) >= 11 is 0. The van der Waals surface area contributed by atoms with E-state index < -0.39 is 84.0 Å². The topological polar surface area (TPSA) is 401 Å². The van der Waals surface area contributed by atoms with Crippen molar-refractivity contribution in [3.8, 4) is 17.2 Å². The van der Waals surface area contributed by atoms with Crippen molar-refractivity contribution < 1.29 is 63.8 Å². The second-order valence-electron chi connectivity index (χ2n) is 33.1. The molecular weight excluding hydrogens is 1470 g/mol. The molecule has 5 saturated heterocycles. The molecule has 19 N–H and O–H groups in total. The van der Waals surface area contributed by atoms with Crippen LogP contribution in [0.5, 0.6) is 17.2 Å². The number of fused-ring (bicyclic) bond motifs is 13. The number of phenols is 3. The van der Waals surface area contributed by atoms with E-state index in [0.717, 1.165) is 86.6 Å². The van der Waals surface area contributed by atoms with E-state index in [2.05, 4.69) is 117 Å². The van der Waals surface area contributed by atoms with Gasteiger partial charge in [0.2, 0.25) is 29.5 Å². The first-order valence-corrected chi connectivity index (χ1v) is 42.4. The van der Waals surface area contributed by atoms with E-state index in [4.69, 9.17) is 9.47 Å². The lowest BCUT2D eigenvalue weighted by Crippen LogP contribution is -2.61. The summed E-state index contributed by atoms with van der Waals surface area (Å²) in [6.45, 7) is 17.6. The number of aromatic hydroxyl groups is 3. The molecule has 10 rings (SSSR count). The molecular formula is C86H132N16O13. The predicted molar refractivity (Wildman–Crippen MR) is 445 cm³/mol. The molecule has 5 aliphatic rings. The van der Waals surface area contributed by atoms with Gasteiger partial charge in [-0.05, 0) is 188 Å². The highest BCUT2D eigenvalue weighted by molar-refractivity contribution is 5.95. The lowest BCUT2D eigenvalue weighted by Gasteiger charge is -2.33. The lowest BCUT2D eigenvalue weighted by atomic mass is 10.0. The van der Waals surface area contributed by atoms with E-state index in [9.17, 15) is 49.5 Å². The zero-order valence-electron chi connectivity index (χ0n) is 68.2. The van der Waals surface area contributed by atoms with Gasteiger partial charge in [-0.1, -0.05) is 74.9 Å². The molecule has 1 aromatic heterocycles. The maximum absolute atomic E-state index is 15.1. The number of aliphatic carboxylic acids is 1. The number of nitrogens with one attached hydrogen (secondary N) is 14. The first kappa shape index (κ1) is 89.5. The van der Waals surface area contributed by atoms with Gasteiger partial charge in [0.15, 0.2) is 0 Å². The molecule has 0 saturated carbocycles. The van der Waals surface area contributed by atoms with Crippen molar-refractivity contribution in [3.05, 3.63) is 126 Å². The molecule has 16 atom stereocenters. The number of ether oxygens (including phenoxy) is 2. The first-order valence-electron chi connectivity index (χ1n) is 42.4. The zero-order valence-corrected chi connectivity index (χ0v) is 68.2. The number of aromatic nitrogens is 1. The number of hydrogen-bond donors (Lipinski definition) is 19. The van der Waals surface area contributed by atoms with Crippen molar-refractivity contribution >= 4 is 46.4 Å². The van der Waals surface area contributed by atoms with Crippen LogP contribution in [0.4, 0.5) is 0 Å². The van der Waals surface area contributed by atoms with Crippen LogP contribution in [0.1, 0.15) is 134 Å². The Bertz CT molecular complexity index is 3780. The Kier molecular flexibility index (Phi) is 36.0. The summed E-state index contributed by atoms with van der Waals surface area (Å²) in [7, 11) is 0. The van der Waals surface area contributed by atoms with E-state index in [1.54, 1.807) is 36.4 Å². The van der Waals surface area contributed by atoms with Crippen LogP contribution in [-0.4, -0.2) is 278 Å². The van der Waals surface area contributed by atoms with Crippen LogP contribution in [0.2, 0.25) is 0 Å². The normalized spacial score (nSPS) is 26.8. The summed E-state index contributed by atoms with van der Waals surface area (Å²) in [5, 5.41) is 101. The van der Waals surface area contributed by atoms with E-state index in [0.29, 0.717) is 122 Å². The molecule has 5 aliphatic heterocycles. The third-order valence-corrected chi connectivity index (χ3v) is 23.3. The van der Waals surface area contributed by atoms with Gasteiger partial charge in [0, 0.05) is 164 Å². The molecule has 634 valence electrons. The maximum Gasteiger partial charge on any atom is 0.326 e. The van der Waals surface area contributed by atoms with Crippen LogP contribution in [0.25, 0.3) is 10.9 Å². The SMILES string of the molecule is CC(=O)N[C@@H](Cc1ccc(O)cc1)C(=O)N1CCC[C@H]1C(=O)N[C@H](C(=O)N[C@H]1CN[C@@H](CC(C)C)CN[C@H]2CCCCNCC[C@@H](C(=O)N[C@@H](Cc3ccc(O)cc3)C(=O)O)NC[C@@H]3CCCOC[C@H](CN[C@@H](CCO[C@@H]1C)CN[C@@H](Cc1c[nH]c4ccccc14)CN3)NC[C@@H]1CCCN1C[C@H](Cc1ccc(O)cc1)NC2)[C@@H](C)O. The first-order chi connectivity index (χ1) is 55.5. The zero-order chi connectivity index (χ0) is 81.6. The van der Waals surface area contributed by atoms with Gasteiger partial charge in [-0.15, -0.1) is 0 Å². The number of carbonyl (C=O) groups excluding carboxylic acids is 5. The van der Waals surface area contributed by atoms with Gasteiger partial charge in [-0.3, -0.25) is 28.9 Å². The van der Waals surface area contributed by atoms with Crippen molar-refractivity contribution in [2.24, 2.45) is 5.92 Å². The number of carbonyl (C=O) groups is 6. The van der Waals surface area contributed by atoms with Gasteiger partial charge < -0.3 is 114 Å². The molecule has 0 radical (unpaired) electrons. The van der Waals surface area contributed by atoms with Crippen molar-refractivity contribution in [2.75, 3.05) is 105 Å². The predicted octanol–water partition coefficient (Wildman–Crippen LogP) is 2.93. The summed E-state index contributed by atoms with van der Waals surface area (Å²) in [4.78, 5) is 92.0. The quantitative estimate of drug-likeness (QED) is 0.0532.